The molecule has 3 heterocycles. The average Bonchev–Trinajstić information content (AvgIpc) is 3.03. The minimum atomic E-state index is -0.0174. The molecule has 0 spiro atoms. The van der Waals surface area contributed by atoms with Gasteiger partial charge in [-0.1, -0.05) is 6.07 Å². The molecule has 0 saturated carbocycles. The summed E-state index contributed by atoms with van der Waals surface area (Å²) in [7, 11) is 0. The highest BCUT2D eigenvalue weighted by atomic mass is 16.7. The Morgan fingerprint density at radius 1 is 1.25 bits per heavy atom. The Balaban J connectivity index is 1.44. The summed E-state index contributed by atoms with van der Waals surface area (Å²) in [5.74, 6) is 1.60. The molecular weight excluding hydrogens is 260 g/mol. The number of rotatable bonds is 2. The van der Waals surface area contributed by atoms with Crippen molar-refractivity contribution in [3.8, 4) is 11.5 Å². The van der Waals surface area contributed by atoms with Crippen molar-refractivity contribution in [2.45, 2.75) is 18.7 Å². The zero-order chi connectivity index (χ0) is 13.5. The van der Waals surface area contributed by atoms with Gasteiger partial charge in [-0.25, -0.2) is 0 Å². The molecule has 3 aliphatic heterocycles. The highest BCUT2D eigenvalue weighted by Crippen LogP contribution is 2.33. The second kappa shape index (κ2) is 4.64. The molecule has 20 heavy (non-hydrogen) atoms. The molecule has 2 atom stereocenters. The highest BCUT2D eigenvalue weighted by Gasteiger charge is 2.37. The molecule has 6 heteroatoms. The molecule has 2 fully saturated rings. The van der Waals surface area contributed by atoms with Gasteiger partial charge in [0.1, 0.15) is 6.61 Å². The number of benzene rings is 1. The summed E-state index contributed by atoms with van der Waals surface area (Å²) in [5.41, 5.74) is 1.18. The van der Waals surface area contributed by atoms with E-state index in [4.69, 9.17) is 14.2 Å². The van der Waals surface area contributed by atoms with Crippen LogP contribution in [0.5, 0.6) is 11.5 Å². The van der Waals surface area contributed by atoms with Crippen LogP contribution in [0.4, 0.5) is 0 Å². The summed E-state index contributed by atoms with van der Waals surface area (Å²) in [6.07, 6.45) is 0.113. The number of carbonyl (C=O) groups is 1. The van der Waals surface area contributed by atoms with Crippen LogP contribution < -0.4 is 14.8 Å². The van der Waals surface area contributed by atoms with Gasteiger partial charge in [0.15, 0.2) is 11.5 Å². The summed E-state index contributed by atoms with van der Waals surface area (Å²) in [6.45, 7) is 2.97. The Kier molecular flexibility index (Phi) is 2.78. The van der Waals surface area contributed by atoms with Gasteiger partial charge in [-0.3, -0.25) is 9.69 Å². The number of ether oxygens (including phenoxy) is 3. The number of nitrogens with one attached hydrogen (secondary N) is 1. The summed E-state index contributed by atoms with van der Waals surface area (Å²) in [5, 5.41) is 2.99. The third-order valence-corrected chi connectivity index (χ3v) is 3.96. The van der Waals surface area contributed by atoms with E-state index in [9.17, 15) is 4.79 Å². The summed E-state index contributed by atoms with van der Waals surface area (Å²) >= 11 is 0. The molecule has 1 aromatic rings. The van der Waals surface area contributed by atoms with Crippen molar-refractivity contribution in [3.63, 3.8) is 0 Å². The van der Waals surface area contributed by atoms with Crippen LogP contribution in [0, 0.1) is 0 Å². The number of morpholine rings is 1. The lowest BCUT2D eigenvalue weighted by atomic mass is 10.2. The Labute approximate surface area is 116 Å². The number of likely N-dealkylation sites (tertiary alicyclic amines) is 1. The van der Waals surface area contributed by atoms with Crippen LogP contribution >= 0.6 is 0 Å². The van der Waals surface area contributed by atoms with Gasteiger partial charge in [0.05, 0.1) is 12.1 Å². The van der Waals surface area contributed by atoms with Crippen LogP contribution in [0.15, 0.2) is 18.2 Å². The molecule has 4 rings (SSSR count). The average molecular weight is 276 g/mol. The zero-order valence-corrected chi connectivity index (χ0v) is 11.0. The number of carbonyl (C=O) groups excluding carboxylic acids is 1. The van der Waals surface area contributed by atoms with E-state index >= 15 is 0 Å². The van der Waals surface area contributed by atoms with Crippen LogP contribution in [0.2, 0.25) is 0 Å². The van der Waals surface area contributed by atoms with Gasteiger partial charge in [0.2, 0.25) is 12.7 Å². The predicted octanol–water partition coefficient (Wildman–Crippen LogP) is 0.114. The number of fused-ring (bicyclic) bond motifs is 2. The first-order valence-electron chi connectivity index (χ1n) is 6.80. The first-order valence-corrected chi connectivity index (χ1v) is 6.80. The highest BCUT2D eigenvalue weighted by molar-refractivity contribution is 5.78. The largest absolute Gasteiger partial charge is 0.454 e. The molecular formula is C14H16N2O4. The van der Waals surface area contributed by atoms with Crippen LogP contribution in [0.25, 0.3) is 0 Å². The third-order valence-electron chi connectivity index (χ3n) is 3.96. The zero-order valence-electron chi connectivity index (χ0n) is 11.0. The number of nitrogens with zero attached hydrogens (tertiary/aromatic N) is 1. The van der Waals surface area contributed by atoms with Gasteiger partial charge in [-0.2, -0.15) is 0 Å². The van der Waals surface area contributed by atoms with E-state index in [1.165, 1.54) is 5.56 Å². The van der Waals surface area contributed by atoms with Gasteiger partial charge < -0.3 is 19.5 Å². The summed E-state index contributed by atoms with van der Waals surface area (Å²) in [6, 6.07) is 6.13. The molecule has 6 nitrogen and oxygen atoms in total. The number of amides is 1. The molecule has 0 radical (unpaired) electrons. The third kappa shape index (κ3) is 2.10. The fourth-order valence-corrected chi connectivity index (χ4v) is 3.02. The number of hydrogen-bond donors (Lipinski definition) is 1. The molecule has 0 bridgehead atoms. The fraction of sp³-hybridized carbons (Fsp3) is 0.500. The maximum atomic E-state index is 11.3. The normalized spacial score (nSPS) is 28.3. The molecule has 1 aromatic carbocycles. The quantitative estimate of drug-likeness (QED) is 0.831. The Morgan fingerprint density at radius 3 is 3.10 bits per heavy atom. The molecule has 0 aromatic heterocycles. The SMILES string of the molecule is O=C1CO[C@H]2CN(Cc3ccc4c(c3)OCO4)C[C@H]2N1. The second-order valence-corrected chi connectivity index (χ2v) is 5.41. The van der Waals surface area contributed by atoms with E-state index in [0.29, 0.717) is 6.79 Å². The van der Waals surface area contributed by atoms with Crippen molar-refractivity contribution >= 4 is 5.91 Å². The van der Waals surface area contributed by atoms with E-state index in [1.807, 2.05) is 12.1 Å². The number of hydrogen-bond acceptors (Lipinski definition) is 5. The molecule has 3 aliphatic rings. The first-order chi connectivity index (χ1) is 9.78. The van der Waals surface area contributed by atoms with Crippen molar-refractivity contribution in [3.05, 3.63) is 23.8 Å². The summed E-state index contributed by atoms with van der Waals surface area (Å²) in [4.78, 5) is 13.6. The fourth-order valence-electron chi connectivity index (χ4n) is 3.02. The van der Waals surface area contributed by atoms with Crippen molar-refractivity contribution in [2.75, 3.05) is 26.5 Å². The standard InChI is InChI=1S/C14H16N2O4/c17-14-7-18-13-6-16(5-10(13)15-14)4-9-1-2-11-12(3-9)20-8-19-11/h1-3,10,13H,4-8H2,(H,15,17)/t10-,13+/m1/s1. The molecule has 1 amide bonds. The van der Waals surface area contributed by atoms with E-state index in [1.54, 1.807) is 0 Å². The Bertz CT molecular complexity index is 548. The van der Waals surface area contributed by atoms with Crippen LogP contribution in [0.1, 0.15) is 5.56 Å². The second-order valence-electron chi connectivity index (χ2n) is 5.41. The predicted molar refractivity (Wildman–Crippen MR) is 69.5 cm³/mol. The molecule has 0 aliphatic carbocycles. The minimum absolute atomic E-state index is 0.0174. The monoisotopic (exact) mass is 276 g/mol. The molecule has 106 valence electrons. The smallest absolute Gasteiger partial charge is 0.246 e. The van der Waals surface area contributed by atoms with Crippen molar-refractivity contribution in [2.24, 2.45) is 0 Å². The minimum Gasteiger partial charge on any atom is -0.454 e. The van der Waals surface area contributed by atoms with Gasteiger partial charge in [-0.15, -0.1) is 0 Å². The topological polar surface area (TPSA) is 60.0 Å². The van der Waals surface area contributed by atoms with E-state index in [0.717, 1.165) is 31.1 Å². The molecule has 2 saturated heterocycles. The Morgan fingerprint density at radius 2 is 2.15 bits per heavy atom. The summed E-state index contributed by atoms with van der Waals surface area (Å²) < 4.78 is 16.3. The van der Waals surface area contributed by atoms with Gasteiger partial charge >= 0.3 is 0 Å². The van der Waals surface area contributed by atoms with Crippen LogP contribution in [-0.4, -0.2) is 49.4 Å². The maximum Gasteiger partial charge on any atom is 0.246 e. The van der Waals surface area contributed by atoms with Gasteiger partial charge in [0.25, 0.3) is 0 Å². The lowest BCUT2D eigenvalue weighted by Gasteiger charge is -2.25. The van der Waals surface area contributed by atoms with Crippen molar-refractivity contribution in [1.82, 2.24) is 10.2 Å². The van der Waals surface area contributed by atoms with Gasteiger partial charge in [-0.05, 0) is 17.7 Å². The van der Waals surface area contributed by atoms with Gasteiger partial charge in [0, 0.05) is 19.6 Å². The van der Waals surface area contributed by atoms with Crippen LogP contribution in [-0.2, 0) is 16.1 Å². The van der Waals surface area contributed by atoms with Crippen molar-refractivity contribution < 1.29 is 19.0 Å². The lowest BCUT2D eigenvalue weighted by molar-refractivity contribution is -0.134. The van der Waals surface area contributed by atoms with E-state index in [-0.39, 0.29) is 24.7 Å². The van der Waals surface area contributed by atoms with E-state index in [2.05, 4.69) is 16.3 Å². The Hall–Kier alpha value is -1.79. The van der Waals surface area contributed by atoms with Crippen molar-refractivity contribution in [1.29, 1.82) is 0 Å². The molecule has 1 N–H and O–H groups in total. The molecule has 0 unspecified atom stereocenters. The first kappa shape index (κ1) is 12.0. The maximum absolute atomic E-state index is 11.3. The van der Waals surface area contributed by atoms with E-state index < -0.39 is 0 Å². The van der Waals surface area contributed by atoms with Crippen LogP contribution in [0.3, 0.4) is 0 Å². The lowest BCUT2D eigenvalue weighted by Crippen LogP contribution is -2.50.